The van der Waals surface area contributed by atoms with Crippen LogP contribution in [0.4, 0.5) is 0 Å². The molecule has 0 amide bonds. The van der Waals surface area contributed by atoms with Gasteiger partial charge in [-0.1, -0.05) is 32.4 Å². The van der Waals surface area contributed by atoms with Crippen LogP contribution < -0.4 is 0 Å². The number of fused-ring (bicyclic) bond motifs is 5. The summed E-state index contributed by atoms with van der Waals surface area (Å²) in [5, 5.41) is 52.3. The quantitative estimate of drug-likeness (QED) is 0.286. The molecule has 13 atom stereocenters. The van der Waals surface area contributed by atoms with Crippen molar-refractivity contribution in [1.82, 2.24) is 0 Å². The topological polar surface area (TPSA) is 180 Å². The van der Waals surface area contributed by atoms with Crippen molar-refractivity contribution in [2.45, 2.75) is 103 Å². The van der Waals surface area contributed by atoms with Gasteiger partial charge in [-0.05, 0) is 56.4 Å². The third-order valence-electron chi connectivity index (χ3n) is 12.7. The maximum atomic E-state index is 14.6. The Labute approximate surface area is 256 Å². The van der Waals surface area contributed by atoms with Crippen molar-refractivity contribution in [2.75, 3.05) is 6.61 Å². The van der Waals surface area contributed by atoms with Gasteiger partial charge >= 0.3 is 0 Å². The smallest absolute Gasteiger partial charge is 0.229 e. The van der Waals surface area contributed by atoms with Crippen LogP contribution in [0.3, 0.4) is 0 Å². The Hall–Kier alpha value is -2.41. The third-order valence-corrected chi connectivity index (χ3v) is 12.7. The van der Waals surface area contributed by atoms with Crippen LogP contribution in [-0.2, 0) is 28.6 Å². The molecule has 2 heterocycles. The molecule has 6 aliphatic rings. The van der Waals surface area contributed by atoms with E-state index in [-0.39, 0.29) is 29.7 Å². The number of hydrogen-bond donors (Lipinski definition) is 5. The Morgan fingerprint density at radius 1 is 0.955 bits per heavy atom. The minimum Gasteiger partial charge on any atom is -0.486 e. The number of aliphatic hydroxyl groups is 5. The second-order valence-corrected chi connectivity index (χ2v) is 15.1. The number of hydrogen-bond acceptors (Lipinski definition) is 11. The van der Waals surface area contributed by atoms with Crippen LogP contribution in [0.2, 0.25) is 0 Å². The van der Waals surface area contributed by atoms with Crippen molar-refractivity contribution in [3.05, 3.63) is 35.8 Å². The van der Waals surface area contributed by atoms with Gasteiger partial charge in [0.15, 0.2) is 11.4 Å². The highest BCUT2D eigenvalue weighted by Crippen LogP contribution is 2.74. The predicted molar refractivity (Wildman–Crippen MR) is 153 cm³/mol. The minimum absolute atomic E-state index is 0.0484. The summed E-state index contributed by atoms with van der Waals surface area (Å²) in [7, 11) is 0. The average molecular weight is 617 g/mol. The van der Waals surface area contributed by atoms with Crippen molar-refractivity contribution in [3.8, 4) is 0 Å². The normalized spacial score (nSPS) is 51.2. The van der Waals surface area contributed by atoms with Gasteiger partial charge in [-0.15, -0.1) is 0 Å². The molecule has 2 saturated carbocycles. The van der Waals surface area contributed by atoms with Crippen molar-refractivity contribution >= 4 is 17.3 Å². The summed E-state index contributed by atoms with van der Waals surface area (Å²) in [6.45, 7) is 10.6. The highest BCUT2D eigenvalue weighted by Gasteiger charge is 2.75. The third kappa shape index (κ3) is 3.80. The molecular weight excluding hydrogens is 572 g/mol. The maximum Gasteiger partial charge on any atom is 0.229 e. The molecule has 4 aliphatic carbocycles. The zero-order valence-corrected chi connectivity index (χ0v) is 26.0. The Morgan fingerprint density at radius 3 is 2.25 bits per heavy atom. The monoisotopic (exact) mass is 616 g/mol. The summed E-state index contributed by atoms with van der Waals surface area (Å²) in [6, 6.07) is 0. The molecular formula is C33H44O11. The summed E-state index contributed by atoms with van der Waals surface area (Å²) in [5.41, 5.74) is -3.96. The molecule has 0 aromatic carbocycles. The number of rotatable bonds is 4. The fraction of sp³-hybridized carbons (Fsp3) is 0.727. The first-order valence-electron chi connectivity index (χ1n) is 15.4. The van der Waals surface area contributed by atoms with Crippen LogP contribution in [0.25, 0.3) is 0 Å². The molecule has 0 aromatic heterocycles. The highest BCUT2D eigenvalue weighted by molar-refractivity contribution is 6.02. The van der Waals surface area contributed by atoms with Gasteiger partial charge in [-0.2, -0.15) is 0 Å². The van der Waals surface area contributed by atoms with Gasteiger partial charge in [0.2, 0.25) is 17.9 Å². The summed E-state index contributed by atoms with van der Waals surface area (Å²) in [6.07, 6.45) is -1.30. The maximum absolute atomic E-state index is 14.6. The fourth-order valence-corrected chi connectivity index (χ4v) is 10.0. The summed E-state index contributed by atoms with van der Waals surface area (Å²) >= 11 is 0. The van der Waals surface area contributed by atoms with E-state index in [2.05, 4.69) is 6.92 Å². The number of carbonyl (C=O) groups is 3. The summed E-state index contributed by atoms with van der Waals surface area (Å²) < 4.78 is 17.3. The van der Waals surface area contributed by atoms with E-state index in [1.807, 2.05) is 19.9 Å². The van der Waals surface area contributed by atoms with Crippen LogP contribution in [0.15, 0.2) is 35.8 Å². The van der Waals surface area contributed by atoms with Gasteiger partial charge in [-0.3, -0.25) is 14.4 Å². The van der Waals surface area contributed by atoms with Gasteiger partial charge in [0.1, 0.15) is 30.2 Å². The van der Waals surface area contributed by atoms with Crippen molar-refractivity contribution < 1.29 is 54.1 Å². The number of carbonyl (C=O) groups excluding carboxylic acids is 3. The summed E-state index contributed by atoms with van der Waals surface area (Å²) in [5.74, 6) is -2.27. The number of Topliss-reactive ketones (excluding diaryl/α,β-unsaturated/α-hetero) is 2. The van der Waals surface area contributed by atoms with Crippen molar-refractivity contribution in [3.63, 3.8) is 0 Å². The second kappa shape index (κ2) is 9.80. The molecule has 0 spiro atoms. The molecule has 242 valence electrons. The van der Waals surface area contributed by atoms with E-state index in [4.69, 9.17) is 14.2 Å². The molecule has 2 aliphatic heterocycles. The first-order chi connectivity index (χ1) is 20.4. The van der Waals surface area contributed by atoms with Crippen LogP contribution in [0.1, 0.15) is 60.8 Å². The molecule has 0 aromatic rings. The Kier molecular flexibility index (Phi) is 7.03. The van der Waals surface area contributed by atoms with E-state index in [0.717, 1.165) is 5.57 Å². The first kappa shape index (κ1) is 31.6. The SMILES string of the molecule is CC1(C)C(=O)C(O[C@@H]2O[C@H](CO)[C@@H](O)[C@H](O)[C@H]2O)=C[C@@H]2C1=CC[C@@H]1[C@@]2(C)C(=O)C[C@]2(C)[C@@H]([C@@]3(C)OC=CC3=O)[C@H](O)C[C@@]12C. The Bertz CT molecular complexity index is 1380. The van der Waals surface area contributed by atoms with E-state index < -0.39 is 88.3 Å². The van der Waals surface area contributed by atoms with Gasteiger partial charge in [-0.25, -0.2) is 0 Å². The van der Waals surface area contributed by atoms with Gasteiger partial charge in [0.25, 0.3) is 0 Å². The van der Waals surface area contributed by atoms with Gasteiger partial charge in [0, 0.05) is 29.7 Å². The lowest BCUT2D eigenvalue weighted by Gasteiger charge is -2.63. The zero-order valence-electron chi connectivity index (χ0n) is 26.0. The second-order valence-electron chi connectivity index (χ2n) is 15.1. The number of allylic oxidation sites excluding steroid dienone is 4. The highest BCUT2D eigenvalue weighted by atomic mass is 16.7. The predicted octanol–water partition coefficient (Wildman–Crippen LogP) is 1.10. The van der Waals surface area contributed by atoms with Gasteiger partial charge < -0.3 is 39.7 Å². The molecule has 11 heteroatoms. The molecule has 44 heavy (non-hydrogen) atoms. The van der Waals surface area contributed by atoms with Gasteiger partial charge in [0.05, 0.1) is 24.4 Å². The molecule has 1 saturated heterocycles. The molecule has 3 fully saturated rings. The summed E-state index contributed by atoms with van der Waals surface area (Å²) in [4.78, 5) is 41.4. The van der Waals surface area contributed by atoms with Crippen molar-refractivity contribution in [2.24, 2.45) is 39.4 Å². The average Bonchev–Trinajstić information content (AvgIpc) is 3.39. The lowest BCUT2D eigenvalue weighted by atomic mass is 9.39. The lowest BCUT2D eigenvalue weighted by molar-refractivity contribution is -0.291. The molecule has 6 rings (SSSR count). The molecule has 11 nitrogen and oxygen atoms in total. The molecule has 5 N–H and O–H groups in total. The van der Waals surface area contributed by atoms with E-state index in [1.54, 1.807) is 26.8 Å². The lowest BCUT2D eigenvalue weighted by Crippen LogP contribution is -2.64. The van der Waals surface area contributed by atoms with E-state index in [0.29, 0.717) is 12.8 Å². The first-order valence-corrected chi connectivity index (χ1v) is 15.4. The van der Waals surface area contributed by atoms with Crippen LogP contribution >= 0.6 is 0 Å². The standard InChI is InChI=1S/C33H44O11/c1-29(2)15-7-8-20-30(3)12-17(35)26(33(6)21(36)9-10-42-33)31(30,4)13-22(37)32(20,5)16(15)11-18(27(29)41)43-28-25(40)24(39)23(38)19(14-34)44-28/h7,9-11,16-17,19-20,23-26,28,34-35,38-40H,8,12-14H2,1-6H3/t16-,17-,19-,20+,23-,24+,25-,26+,28-,30+,31-,32+,33+/m1/s1. The van der Waals surface area contributed by atoms with E-state index in [1.165, 1.54) is 12.3 Å². The largest absolute Gasteiger partial charge is 0.486 e. The van der Waals surface area contributed by atoms with E-state index >= 15 is 0 Å². The number of ketones is 3. The van der Waals surface area contributed by atoms with Crippen LogP contribution in [-0.4, -0.2) is 91.9 Å². The number of aliphatic hydroxyl groups excluding tert-OH is 5. The molecule has 0 unspecified atom stereocenters. The van der Waals surface area contributed by atoms with Crippen molar-refractivity contribution in [1.29, 1.82) is 0 Å². The Balaban J connectivity index is 1.41. The Morgan fingerprint density at radius 2 is 1.64 bits per heavy atom. The number of ether oxygens (including phenoxy) is 3. The van der Waals surface area contributed by atoms with Crippen LogP contribution in [0, 0.1) is 39.4 Å². The molecule has 0 bridgehead atoms. The van der Waals surface area contributed by atoms with Crippen LogP contribution in [0.5, 0.6) is 0 Å². The molecule has 0 radical (unpaired) electrons. The fourth-order valence-electron chi connectivity index (χ4n) is 10.0. The van der Waals surface area contributed by atoms with E-state index in [9.17, 15) is 39.9 Å². The minimum atomic E-state index is -1.71. The zero-order chi connectivity index (χ0) is 32.4.